The summed E-state index contributed by atoms with van der Waals surface area (Å²) in [5.41, 5.74) is 4.44. The van der Waals surface area contributed by atoms with Gasteiger partial charge in [-0.2, -0.15) is 0 Å². The first-order valence-corrected chi connectivity index (χ1v) is 10.6. The molecule has 0 aromatic heterocycles. The van der Waals surface area contributed by atoms with Crippen LogP contribution in [0.1, 0.15) is 23.5 Å². The summed E-state index contributed by atoms with van der Waals surface area (Å²) in [6.45, 7) is 0.143. The van der Waals surface area contributed by atoms with Gasteiger partial charge in [0, 0.05) is 33.2 Å². The molecule has 2 aromatic rings. The summed E-state index contributed by atoms with van der Waals surface area (Å²) >= 11 is 0. The molecule has 2 unspecified atom stereocenters. The SMILES string of the molecule is COCCC(NC(=O)C(CNC(=O)OCC1c2ccccc2-c2ccccc21)OC)C(=O)O. The van der Waals surface area contributed by atoms with Crippen molar-refractivity contribution in [3.05, 3.63) is 59.7 Å². The number of amides is 2. The van der Waals surface area contributed by atoms with Crippen molar-refractivity contribution in [3.8, 4) is 11.1 Å². The van der Waals surface area contributed by atoms with Crippen LogP contribution in [0.4, 0.5) is 4.79 Å². The van der Waals surface area contributed by atoms with Gasteiger partial charge in [0.15, 0.2) is 6.10 Å². The van der Waals surface area contributed by atoms with E-state index in [1.54, 1.807) is 0 Å². The van der Waals surface area contributed by atoms with E-state index in [1.165, 1.54) is 14.2 Å². The Morgan fingerprint density at radius 3 is 2.15 bits per heavy atom. The zero-order valence-electron chi connectivity index (χ0n) is 18.6. The average molecular weight is 456 g/mol. The van der Waals surface area contributed by atoms with E-state index in [0.717, 1.165) is 22.3 Å². The second-order valence-electron chi connectivity index (χ2n) is 7.61. The fourth-order valence-electron chi connectivity index (χ4n) is 3.87. The van der Waals surface area contributed by atoms with Crippen molar-refractivity contribution >= 4 is 18.0 Å². The minimum atomic E-state index is -1.18. The summed E-state index contributed by atoms with van der Waals surface area (Å²) < 4.78 is 15.4. The fraction of sp³-hybridized carbons (Fsp3) is 0.375. The molecule has 0 saturated carbocycles. The monoisotopic (exact) mass is 456 g/mol. The predicted octanol–water partition coefficient (Wildman–Crippen LogP) is 2.15. The fourth-order valence-corrected chi connectivity index (χ4v) is 3.87. The molecule has 2 aromatic carbocycles. The van der Waals surface area contributed by atoms with Gasteiger partial charge in [0.25, 0.3) is 5.91 Å². The summed E-state index contributed by atoms with van der Waals surface area (Å²) in [5.74, 6) is -1.92. The first-order chi connectivity index (χ1) is 16.0. The lowest BCUT2D eigenvalue weighted by molar-refractivity contribution is -0.144. The molecule has 9 nitrogen and oxygen atoms in total. The molecule has 176 valence electrons. The highest BCUT2D eigenvalue weighted by Crippen LogP contribution is 2.44. The van der Waals surface area contributed by atoms with E-state index < -0.39 is 30.1 Å². The van der Waals surface area contributed by atoms with Crippen LogP contribution in [-0.2, 0) is 23.8 Å². The van der Waals surface area contributed by atoms with Gasteiger partial charge in [0.1, 0.15) is 12.6 Å². The molecule has 1 aliphatic rings. The third-order valence-corrected chi connectivity index (χ3v) is 5.58. The van der Waals surface area contributed by atoms with Crippen LogP contribution in [0.25, 0.3) is 11.1 Å². The molecule has 0 saturated heterocycles. The summed E-state index contributed by atoms with van der Waals surface area (Å²) in [4.78, 5) is 36.0. The van der Waals surface area contributed by atoms with Crippen molar-refractivity contribution < 1.29 is 33.7 Å². The zero-order valence-corrected chi connectivity index (χ0v) is 18.6. The van der Waals surface area contributed by atoms with Crippen LogP contribution in [0.2, 0.25) is 0 Å². The highest BCUT2D eigenvalue weighted by Gasteiger charge is 2.29. The van der Waals surface area contributed by atoms with E-state index >= 15 is 0 Å². The van der Waals surface area contributed by atoms with Crippen LogP contribution < -0.4 is 10.6 Å². The lowest BCUT2D eigenvalue weighted by atomic mass is 9.98. The Kier molecular flexibility index (Phi) is 8.39. The van der Waals surface area contributed by atoms with Crippen LogP contribution >= 0.6 is 0 Å². The third-order valence-electron chi connectivity index (χ3n) is 5.58. The lowest BCUT2D eigenvalue weighted by Crippen LogP contribution is -2.50. The Balaban J connectivity index is 1.53. The Morgan fingerprint density at radius 2 is 1.61 bits per heavy atom. The molecule has 2 atom stereocenters. The van der Waals surface area contributed by atoms with Crippen molar-refractivity contribution in [1.29, 1.82) is 0 Å². The number of benzene rings is 2. The van der Waals surface area contributed by atoms with Crippen LogP contribution in [0.3, 0.4) is 0 Å². The molecule has 3 N–H and O–H groups in total. The first kappa shape index (κ1) is 24.2. The van der Waals surface area contributed by atoms with E-state index in [1.807, 2.05) is 48.5 Å². The molecule has 9 heteroatoms. The van der Waals surface area contributed by atoms with Crippen molar-refractivity contribution in [2.45, 2.75) is 24.5 Å². The number of aliphatic carboxylic acids is 1. The van der Waals surface area contributed by atoms with Crippen LogP contribution in [-0.4, -0.2) is 69.2 Å². The maximum absolute atomic E-state index is 12.4. The van der Waals surface area contributed by atoms with Crippen molar-refractivity contribution in [2.75, 3.05) is 34.0 Å². The van der Waals surface area contributed by atoms with Gasteiger partial charge in [0.2, 0.25) is 0 Å². The normalized spacial score (nSPS) is 14.0. The van der Waals surface area contributed by atoms with Crippen LogP contribution in [0.5, 0.6) is 0 Å². The number of nitrogens with one attached hydrogen (secondary N) is 2. The number of carboxylic acids is 1. The average Bonchev–Trinajstić information content (AvgIpc) is 3.14. The topological polar surface area (TPSA) is 123 Å². The van der Waals surface area contributed by atoms with Gasteiger partial charge in [0.05, 0.1) is 6.54 Å². The maximum atomic E-state index is 12.4. The number of methoxy groups -OCH3 is 2. The molecule has 0 fully saturated rings. The van der Waals surface area contributed by atoms with Crippen LogP contribution in [0.15, 0.2) is 48.5 Å². The molecule has 0 bridgehead atoms. The van der Waals surface area contributed by atoms with Crippen molar-refractivity contribution in [2.24, 2.45) is 0 Å². The summed E-state index contributed by atoms with van der Waals surface area (Å²) in [5, 5.41) is 14.1. The number of alkyl carbamates (subject to hydrolysis) is 1. The highest BCUT2D eigenvalue weighted by molar-refractivity contribution is 5.87. The van der Waals surface area contributed by atoms with Gasteiger partial charge in [-0.25, -0.2) is 9.59 Å². The zero-order chi connectivity index (χ0) is 23.8. The summed E-state index contributed by atoms with van der Waals surface area (Å²) in [6.07, 6.45) is -1.66. The highest BCUT2D eigenvalue weighted by atomic mass is 16.5. The largest absolute Gasteiger partial charge is 0.480 e. The number of fused-ring (bicyclic) bond motifs is 3. The van der Waals surface area contributed by atoms with Crippen molar-refractivity contribution in [3.63, 3.8) is 0 Å². The number of carboxylic acid groups (broad SMARTS) is 1. The molecule has 1 aliphatic carbocycles. The number of ether oxygens (including phenoxy) is 3. The van der Waals surface area contributed by atoms with Crippen LogP contribution in [0, 0.1) is 0 Å². The lowest BCUT2D eigenvalue weighted by Gasteiger charge is -2.20. The second kappa shape index (κ2) is 11.4. The smallest absolute Gasteiger partial charge is 0.407 e. The third kappa shape index (κ3) is 5.88. The molecule has 0 radical (unpaired) electrons. The standard InChI is InChI=1S/C24H28N2O7/c1-31-12-11-20(23(28)29)26-22(27)21(32-2)13-25-24(30)33-14-19-17-9-5-3-7-15(17)16-8-4-6-10-18(16)19/h3-10,19-21H,11-14H2,1-2H3,(H,25,30)(H,26,27)(H,28,29). The van der Waals surface area contributed by atoms with E-state index in [2.05, 4.69) is 10.6 Å². The maximum Gasteiger partial charge on any atom is 0.407 e. The Bertz CT molecular complexity index is 949. The molecule has 0 aliphatic heterocycles. The Labute approximate surface area is 192 Å². The Hall–Kier alpha value is -3.43. The summed E-state index contributed by atoms with van der Waals surface area (Å²) in [6, 6.07) is 14.9. The molecule has 0 heterocycles. The van der Waals surface area contributed by atoms with Gasteiger partial charge in [-0.05, 0) is 22.3 Å². The van der Waals surface area contributed by atoms with E-state index in [0.29, 0.717) is 0 Å². The van der Waals surface area contributed by atoms with Crippen molar-refractivity contribution in [1.82, 2.24) is 10.6 Å². The number of hydrogen-bond donors (Lipinski definition) is 3. The van der Waals surface area contributed by atoms with Gasteiger partial charge in [-0.3, -0.25) is 4.79 Å². The quantitative estimate of drug-likeness (QED) is 0.473. The molecule has 3 rings (SSSR count). The molecular formula is C24H28N2O7. The van der Waals surface area contributed by atoms with E-state index in [4.69, 9.17) is 14.2 Å². The Morgan fingerprint density at radius 1 is 1.00 bits per heavy atom. The molecule has 2 amide bonds. The first-order valence-electron chi connectivity index (χ1n) is 10.6. The van der Waals surface area contributed by atoms with Gasteiger partial charge in [-0.1, -0.05) is 48.5 Å². The van der Waals surface area contributed by atoms with Gasteiger partial charge in [-0.15, -0.1) is 0 Å². The number of rotatable bonds is 11. The molecule has 0 spiro atoms. The second-order valence-corrected chi connectivity index (χ2v) is 7.61. The minimum absolute atomic E-state index is 0.0817. The van der Waals surface area contributed by atoms with Gasteiger partial charge < -0.3 is 30.0 Å². The van der Waals surface area contributed by atoms with E-state index in [-0.39, 0.29) is 32.1 Å². The van der Waals surface area contributed by atoms with E-state index in [9.17, 15) is 19.5 Å². The number of carbonyl (C=O) groups is 3. The summed E-state index contributed by atoms with van der Waals surface area (Å²) in [7, 11) is 2.74. The number of carbonyl (C=O) groups excluding carboxylic acids is 2. The molecular weight excluding hydrogens is 428 g/mol. The minimum Gasteiger partial charge on any atom is -0.480 e. The number of hydrogen-bond acceptors (Lipinski definition) is 6. The molecule has 33 heavy (non-hydrogen) atoms. The van der Waals surface area contributed by atoms with Gasteiger partial charge >= 0.3 is 12.1 Å². The predicted molar refractivity (Wildman–Crippen MR) is 120 cm³/mol.